The van der Waals surface area contributed by atoms with Crippen LogP contribution in [-0.2, 0) is 20.7 Å². The molecule has 1 unspecified atom stereocenters. The Balaban J connectivity index is 1.56. The van der Waals surface area contributed by atoms with Crippen molar-refractivity contribution in [3.05, 3.63) is 93.7 Å². The number of benzene rings is 2. The van der Waals surface area contributed by atoms with Crippen LogP contribution in [0.1, 0.15) is 43.0 Å². The summed E-state index contributed by atoms with van der Waals surface area (Å²) in [4.78, 5) is 32.6. The summed E-state index contributed by atoms with van der Waals surface area (Å²) in [5.74, 6) is -0.434. The predicted molar refractivity (Wildman–Crippen MR) is 136 cm³/mol. The van der Waals surface area contributed by atoms with E-state index in [0.29, 0.717) is 17.8 Å². The van der Waals surface area contributed by atoms with Crippen LogP contribution in [0.25, 0.3) is 0 Å². The molecule has 0 saturated heterocycles. The highest BCUT2D eigenvalue weighted by molar-refractivity contribution is 8.16. The van der Waals surface area contributed by atoms with E-state index < -0.39 is 6.04 Å². The quantitative estimate of drug-likeness (QED) is 0.551. The van der Waals surface area contributed by atoms with Crippen molar-refractivity contribution in [2.24, 2.45) is 4.99 Å². The van der Waals surface area contributed by atoms with E-state index in [1.165, 1.54) is 17.3 Å². The Hall–Kier alpha value is -3.32. The summed E-state index contributed by atoms with van der Waals surface area (Å²) in [7, 11) is 0. The van der Waals surface area contributed by atoms with Crippen molar-refractivity contribution in [3.63, 3.8) is 0 Å². The van der Waals surface area contributed by atoms with Crippen LogP contribution in [0.2, 0.25) is 0 Å². The van der Waals surface area contributed by atoms with Crippen LogP contribution in [0.5, 0.6) is 0 Å². The molecule has 1 atom stereocenters. The fraction of sp³-hybridized carbons (Fsp3) is 0.296. The molecule has 0 aliphatic carbocycles. The van der Waals surface area contributed by atoms with Crippen molar-refractivity contribution in [1.29, 1.82) is 0 Å². The number of aryl methyl sites for hydroxylation is 1. The second-order valence-corrected chi connectivity index (χ2v) is 9.07. The predicted octanol–water partition coefficient (Wildman–Crippen LogP) is 4.88. The Morgan fingerprint density at radius 2 is 1.82 bits per heavy atom. The van der Waals surface area contributed by atoms with Crippen LogP contribution in [0, 0.1) is 6.92 Å². The number of fused-ring (bicyclic) bond motifs is 1. The number of esters is 1. The summed E-state index contributed by atoms with van der Waals surface area (Å²) in [5, 5.41) is 5.75. The number of hydrogen-bond acceptors (Lipinski definition) is 6. The van der Waals surface area contributed by atoms with Gasteiger partial charge >= 0.3 is 5.97 Å². The van der Waals surface area contributed by atoms with Crippen molar-refractivity contribution < 1.29 is 14.3 Å². The molecule has 2 aliphatic rings. The lowest BCUT2D eigenvalue weighted by Gasteiger charge is -2.37. The average Bonchev–Trinajstić information content (AvgIpc) is 3.21. The number of amides is 1. The number of carbonyl (C=O) groups is 2. The first kappa shape index (κ1) is 23.8. The summed E-state index contributed by atoms with van der Waals surface area (Å²) in [6, 6.07) is 17.7. The van der Waals surface area contributed by atoms with Gasteiger partial charge in [0.1, 0.15) is 0 Å². The van der Waals surface area contributed by atoms with E-state index in [0.717, 1.165) is 28.4 Å². The second kappa shape index (κ2) is 10.7. The van der Waals surface area contributed by atoms with Gasteiger partial charge in [0.2, 0.25) is 5.91 Å². The molecule has 176 valence electrons. The van der Waals surface area contributed by atoms with Crippen LogP contribution < -0.4 is 5.32 Å². The molecule has 0 fully saturated rings. The minimum Gasteiger partial charge on any atom is -0.463 e. The zero-order valence-corrected chi connectivity index (χ0v) is 20.5. The maximum Gasteiger partial charge on any atom is 0.338 e. The Bertz CT molecular complexity index is 1170. The molecule has 2 aromatic carbocycles. The molecule has 7 heteroatoms. The fourth-order valence-electron chi connectivity index (χ4n) is 4.25. The summed E-state index contributed by atoms with van der Waals surface area (Å²) in [6.45, 7) is 6.52. The highest BCUT2D eigenvalue weighted by Gasteiger charge is 2.41. The van der Waals surface area contributed by atoms with Gasteiger partial charge in [-0.2, -0.15) is 0 Å². The van der Waals surface area contributed by atoms with Gasteiger partial charge in [-0.1, -0.05) is 66.4 Å². The Morgan fingerprint density at radius 1 is 1.09 bits per heavy atom. The third-order valence-corrected chi connectivity index (χ3v) is 6.79. The van der Waals surface area contributed by atoms with E-state index in [2.05, 4.69) is 17.4 Å². The molecule has 6 nitrogen and oxygen atoms in total. The van der Waals surface area contributed by atoms with Crippen LogP contribution in [-0.4, -0.2) is 35.1 Å². The molecule has 0 radical (unpaired) electrons. The number of nitrogens with one attached hydrogen (secondary N) is 1. The van der Waals surface area contributed by atoms with E-state index in [9.17, 15) is 9.59 Å². The molecule has 2 aromatic rings. The van der Waals surface area contributed by atoms with Gasteiger partial charge in [-0.05, 0) is 49.3 Å². The molecule has 0 saturated carbocycles. The third kappa shape index (κ3) is 5.09. The SMILES string of the molecule is CCOC(=O)C1=C(C)N=C2SC=C(CC(=O)NCCc3ccccc3)N2C1c1ccccc1C. The summed E-state index contributed by atoms with van der Waals surface area (Å²) in [5.41, 5.74) is 5.22. The molecular weight excluding hydrogens is 446 g/mol. The molecule has 0 spiro atoms. The van der Waals surface area contributed by atoms with Crippen molar-refractivity contribution in [3.8, 4) is 0 Å². The van der Waals surface area contributed by atoms with Gasteiger partial charge < -0.3 is 15.0 Å². The van der Waals surface area contributed by atoms with Crippen LogP contribution in [0.3, 0.4) is 0 Å². The maximum atomic E-state index is 13.0. The number of hydrogen-bond donors (Lipinski definition) is 1. The Kier molecular flexibility index (Phi) is 7.53. The lowest BCUT2D eigenvalue weighted by Crippen LogP contribution is -2.38. The highest BCUT2D eigenvalue weighted by atomic mass is 32.2. The molecule has 34 heavy (non-hydrogen) atoms. The lowest BCUT2D eigenvalue weighted by molar-refractivity contribution is -0.139. The summed E-state index contributed by atoms with van der Waals surface area (Å²) < 4.78 is 5.41. The zero-order chi connectivity index (χ0) is 24.1. The molecule has 1 N–H and O–H groups in total. The zero-order valence-electron chi connectivity index (χ0n) is 19.7. The minimum atomic E-state index is -0.397. The van der Waals surface area contributed by atoms with Crippen molar-refractivity contribution >= 4 is 28.8 Å². The highest BCUT2D eigenvalue weighted by Crippen LogP contribution is 2.45. The van der Waals surface area contributed by atoms with Crippen LogP contribution in [0.4, 0.5) is 0 Å². The molecule has 0 aromatic heterocycles. The number of aliphatic imine (C=N–C) groups is 1. The van der Waals surface area contributed by atoms with E-state index in [-0.39, 0.29) is 24.9 Å². The normalized spacial score (nSPS) is 17.1. The summed E-state index contributed by atoms with van der Waals surface area (Å²) >= 11 is 1.48. The maximum absolute atomic E-state index is 13.0. The van der Waals surface area contributed by atoms with Crippen molar-refractivity contribution in [2.45, 2.75) is 39.7 Å². The first-order chi connectivity index (χ1) is 16.5. The van der Waals surface area contributed by atoms with E-state index >= 15 is 0 Å². The first-order valence-electron chi connectivity index (χ1n) is 11.5. The van der Waals surface area contributed by atoms with Crippen LogP contribution in [0.15, 0.2) is 82.0 Å². The Morgan fingerprint density at radius 3 is 2.56 bits per heavy atom. The molecular formula is C27H29N3O3S. The van der Waals surface area contributed by atoms with Crippen molar-refractivity contribution in [2.75, 3.05) is 13.2 Å². The average molecular weight is 476 g/mol. The van der Waals surface area contributed by atoms with Gasteiger partial charge in [0.25, 0.3) is 0 Å². The first-order valence-corrected chi connectivity index (χ1v) is 12.3. The van der Waals surface area contributed by atoms with Gasteiger partial charge in [0, 0.05) is 12.2 Å². The van der Waals surface area contributed by atoms with Crippen LogP contribution >= 0.6 is 11.8 Å². The van der Waals surface area contributed by atoms with E-state index in [4.69, 9.17) is 9.73 Å². The lowest BCUT2D eigenvalue weighted by atomic mass is 9.91. The second-order valence-electron chi connectivity index (χ2n) is 8.23. The molecule has 2 heterocycles. The fourth-order valence-corrected chi connectivity index (χ4v) is 5.21. The van der Waals surface area contributed by atoms with Gasteiger partial charge in [0.15, 0.2) is 5.17 Å². The van der Waals surface area contributed by atoms with Crippen molar-refractivity contribution in [1.82, 2.24) is 10.2 Å². The number of thioether (sulfide) groups is 1. The van der Waals surface area contributed by atoms with Gasteiger partial charge in [-0.3, -0.25) is 4.79 Å². The number of allylic oxidation sites excluding steroid dienone is 1. The molecule has 1 amide bonds. The molecule has 2 aliphatic heterocycles. The van der Waals surface area contributed by atoms with Gasteiger partial charge in [-0.25, -0.2) is 9.79 Å². The Labute approximate surface area is 204 Å². The number of ether oxygens (including phenoxy) is 1. The van der Waals surface area contributed by atoms with E-state index in [1.54, 1.807) is 6.92 Å². The smallest absolute Gasteiger partial charge is 0.338 e. The van der Waals surface area contributed by atoms with Gasteiger partial charge in [0.05, 0.1) is 30.3 Å². The summed E-state index contributed by atoms with van der Waals surface area (Å²) in [6.07, 6.45) is 0.982. The standard InChI is InChI=1S/C27H29N3O3S/c1-4-33-26(32)24-19(3)29-27-30(25(24)22-13-9-8-10-18(22)2)21(17-34-27)16-23(31)28-15-14-20-11-6-5-7-12-20/h5-13,17,25H,4,14-16H2,1-3H3,(H,28,31). The van der Waals surface area contributed by atoms with E-state index in [1.807, 2.05) is 66.6 Å². The minimum absolute atomic E-state index is 0.0588. The van der Waals surface area contributed by atoms with Gasteiger partial charge in [-0.15, -0.1) is 0 Å². The molecule has 4 rings (SSSR count). The number of carbonyl (C=O) groups excluding carboxylic acids is 2. The largest absolute Gasteiger partial charge is 0.463 e. The monoisotopic (exact) mass is 475 g/mol. The third-order valence-electron chi connectivity index (χ3n) is 5.90. The molecule has 0 bridgehead atoms. The number of rotatable bonds is 8. The number of amidine groups is 1. The number of nitrogens with zero attached hydrogens (tertiary/aromatic N) is 2. The topological polar surface area (TPSA) is 71.0 Å².